The normalized spacial score (nSPS) is 13.2. The number of hydrogen-bond donors (Lipinski definition) is 0. The molecule has 0 aliphatic carbocycles. The second-order valence-electron chi connectivity index (χ2n) is 4.86. The van der Waals surface area contributed by atoms with Gasteiger partial charge < -0.3 is 9.32 Å². The Labute approximate surface area is 124 Å². The molecule has 0 saturated carbocycles. The van der Waals surface area contributed by atoms with Crippen LogP contribution in [0.25, 0.3) is 0 Å². The summed E-state index contributed by atoms with van der Waals surface area (Å²) in [6, 6.07) is 3.45. The smallest absolute Gasteiger partial charge is 0.246 e. The van der Waals surface area contributed by atoms with E-state index in [0.29, 0.717) is 30.0 Å². The topological polar surface area (TPSA) is 33.5 Å². The highest BCUT2D eigenvalue weighted by molar-refractivity contribution is 6.28. The molecule has 1 aromatic rings. The van der Waals surface area contributed by atoms with Gasteiger partial charge in [0.25, 0.3) is 0 Å². The van der Waals surface area contributed by atoms with Gasteiger partial charge in [-0.2, -0.15) is 0 Å². The van der Waals surface area contributed by atoms with Crippen LogP contribution in [0.2, 0.25) is 5.22 Å². The molecule has 1 rings (SSSR count). The average molecular weight is 304 g/mol. The summed E-state index contributed by atoms with van der Waals surface area (Å²) in [4.78, 5) is 13.8. The molecule has 106 valence electrons. The number of carbonyl (C=O) groups is 1. The maximum Gasteiger partial charge on any atom is 0.246 e. The van der Waals surface area contributed by atoms with Crippen LogP contribution in [-0.4, -0.2) is 22.7 Å². The highest BCUT2D eigenvalue weighted by atomic mass is 35.5. The van der Waals surface area contributed by atoms with E-state index in [9.17, 15) is 4.79 Å². The minimum atomic E-state index is -0.164. The zero-order chi connectivity index (χ0) is 14.4. The van der Waals surface area contributed by atoms with E-state index in [1.54, 1.807) is 23.1 Å². The number of nitrogens with zero attached hydrogens (tertiary/aromatic N) is 1. The van der Waals surface area contributed by atoms with Gasteiger partial charge in [-0.3, -0.25) is 4.79 Å². The Kier molecular flexibility index (Phi) is 6.46. The summed E-state index contributed by atoms with van der Waals surface area (Å²) in [5, 5.41) is 0.166. The lowest BCUT2D eigenvalue weighted by molar-refractivity contribution is -0.127. The van der Waals surface area contributed by atoms with Gasteiger partial charge in [-0.15, -0.1) is 11.6 Å². The van der Waals surface area contributed by atoms with Gasteiger partial charge in [0.05, 0.1) is 6.54 Å². The molecule has 0 aromatic carbocycles. The van der Waals surface area contributed by atoms with Crippen molar-refractivity contribution >= 4 is 29.1 Å². The predicted molar refractivity (Wildman–Crippen MR) is 78.4 cm³/mol. The monoisotopic (exact) mass is 303 g/mol. The summed E-state index contributed by atoms with van der Waals surface area (Å²) in [7, 11) is 0. The van der Waals surface area contributed by atoms with E-state index in [1.807, 2.05) is 6.92 Å². The number of allylic oxidation sites excluding steroid dienone is 1. The van der Waals surface area contributed by atoms with Crippen LogP contribution in [0.4, 0.5) is 0 Å². The highest BCUT2D eigenvalue weighted by Crippen LogP contribution is 2.16. The summed E-state index contributed by atoms with van der Waals surface area (Å²) >= 11 is 11.5. The van der Waals surface area contributed by atoms with Crippen molar-refractivity contribution in [3.63, 3.8) is 0 Å². The minimum Gasteiger partial charge on any atom is -0.448 e. The van der Waals surface area contributed by atoms with Gasteiger partial charge in [0.2, 0.25) is 5.91 Å². The van der Waals surface area contributed by atoms with Crippen LogP contribution in [0.1, 0.15) is 26.5 Å². The van der Waals surface area contributed by atoms with Crippen molar-refractivity contribution in [2.24, 2.45) is 5.92 Å². The van der Waals surface area contributed by atoms with E-state index in [4.69, 9.17) is 27.6 Å². The molecule has 0 spiro atoms. The fourth-order valence-corrected chi connectivity index (χ4v) is 1.85. The van der Waals surface area contributed by atoms with Crippen LogP contribution >= 0.6 is 23.2 Å². The van der Waals surface area contributed by atoms with E-state index < -0.39 is 0 Å². The molecule has 1 amide bonds. The maximum absolute atomic E-state index is 12.1. The lowest BCUT2D eigenvalue weighted by Crippen LogP contribution is -2.32. The third kappa shape index (κ3) is 6.17. The van der Waals surface area contributed by atoms with Crippen LogP contribution in [0.15, 0.2) is 28.7 Å². The standard InChI is InChI=1S/C14H19Cl2NO2/c1-10(2)8-17(14(18)7-4-11(3)15)9-12-5-6-13(16)19-12/h4-7,10-11H,8-9H2,1-3H3/b7-4+. The van der Waals surface area contributed by atoms with E-state index in [0.717, 1.165) is 0 Å². The Morgan fingerprint density at radius 2 is 2.11 bits per heavy atom. The van der Waals surface area contributed by atoms with Crippen molar-refractivity contribution < 1.29 is 9.21 Å². The lowest BCUT2D eigenvalue weighted by atomic mass is 10.2. The largest absolute Gasteiger partial charge is 0.448 e. The van der Waals surface area contributed by atoms with Crippen molar-refractivity contribution in [3.8, 4) is 0 Å². The molecule has 0 saturated heterocycles. The maximum atomic E-state index is 12.1. The molecule has 0 bridgehead atoms. The Hall–Kier alpha value is -0.930. The van der Waals surface area contributed by atoms with Gasteiger partial charge in [-0.05, 0) is 36.6 Å². The molecule has 1 aromatic heterocycles. The first kappa shape index (κ1) is 16.1. The second-order valence-corrected chi connectivity index (χ2v) is 5.92. The van der Waals surface area contributed by atoms with Crippen LogP contribution in [0.5, 0.6) is 0 Å². The number of amides is 1. The van der Waals surface area contributed by atoms with Crippen molar-refractivity contribution in [1.82, 2.24) is 4.90 Å². The molecule has 0 N–H and O–H groups in total. The molecule has 1 unspecified atom stereocenters. The second kappa shape index (κ2) is 7.61. The van der Waals surface area contributed by atoms with E-state index in [1.165, 1.54) is 6.08 Å². The first-order valence-corrected chi connectivity index (χ1v) is 7.05. The van der Waals surface area contributed by atoms with E-state index in [-0.39, 0.29) is 11.3 Å². The predicted octanol–water partition coefficient (Wildman–Crippen LogP) is 4.10. The molecule has 1 heterocycles. The fourth-order valence-electron chi connectivity index (χ4n) is 1.62. The number of halogens is 2. The zero-order valence-electron chi connectivity index (χ0n) is 11.4. The van der Waals surface area contributed by atoms with Crippen molar-refractivity contribution in [1.29, 1.82) is 0 Å². The summed E-state index contributed by atoms with van der Waals surface area (Å²) in [6.07, 6.45) is 3.18. The molecular formula is C14H19Cl2NO2. The van der Waals surface area contributed by atoms with Gasteiger partial charge in [-0.25, -0.2) is 0 Å². The third-order valence-electron chi connectivity index (χ3n) is 2.38. The number of carbonyl (C=O) groups excluding carboxylic acids is 1. The summed E-state index contributed by atoms with van der Waals surface area (Å²) < 4.78 is 5.29. The van der Waals surface area contributed by atoms with Gasteiger partial charge in [0.15, 0.2) is 5.22 Å². The molecule has 19 heavy (non-hydrogen) atoms. The quantitative estimate of drug-likeness (QED) is 0.585. The van der Waals surface area contributed by atoms with Gasteiger partial charge in [-0.1, -0.05) is 19.9 Å². The molecular weight excluding hydrogens is 285 g/mol. The van der Waals surface area contributed by atoms with Crippen molar-refractivity contribution in [2.45, 2.75) is 32.7 Å². The Bertz CT molecular complexity index is 438. The SMILES string of the molecule is CC(Cl)/C=C/C(=O)N(Cc1ccc(Cl)o1)CC(C)C. The Morgan fingerprint density at radius 1 is 1.42 bits per heavy atom. The van der Waals surface area contributed by atoms with Gasteiger partial charge >= 0.3 is 0 Å². The molecule has 0 fully saturated rings. The number of alkyl halides is 1. The summed E-state index contributed by atoms with van der Waals surface area (Å²) in [5.74, 6) is 0.969. The van der Waals surface area contributed by atoms with Crippen LogP contribution in [0.3, 0.4) is 0 Å². The minimum absolute atomic E-state index is 0.0753. The highest BCUT2D eigenvalue weighted by Gasteiger charge is 2.15. The molecule has 0 radical (unpaired) electrons. The van der Waals surface area contributed by atoms with Gasteiger partial charge in [0, 0.05) is 18.0 Å². The summed E-state index contributed by atoms with van der Waals surface area (Å²) in [6.45, 7) is 6.99. The van der Waals surface area contributed by atoms with Gasteiger partial charge in [0.1, 0.15) is 5.76 Å². The number of hydrogen-bond acceptors (Lipinski definition) is 2. The Balaban J connectivity index is 2.73. The third-order valence-corrected chi connectivity index (χ3v) is 2.73. The number of rotatable bonds is 6. The molecule has 0 aliphatic rings. The molecule has 3 nitrogen and oxygen atoms in total. The zero-order valence-corrected chi connectivity index (χ0v) is 12.9. The number of furan rings is 1. The van der Waals surface area contributed by atoms with E-state index in [2.05, 4.69) is 13.8 Å². The molecule has 5 heteroatoms. The van der Waals surface area contributed by atoms with E-state index >= 15 is 0 Å². The fraction of sp³-hybridized carbons (Fsp3) is 0.500. The van der Waals surface area contributed by atoms with Crippen LogP contribution in [0, 0.1) is 5.92 Å². The average Bonchev–Trinajstić information content (AvgIpc) is 2.70. The van der Waals surface area contributed by atoms with Crippen LogP contribution in [-0.2, 0) is 11.3 Å². The Morgan fingerprint density at radius 3 is 2.58 bits per heavy atom. The summed E-state index contributed by atoms with van der Waals surface area (Å²) in [5.41, 5.74) is 0. The van der Waals surface area contributed by atoms with Crippen LogP contribution < -0.4 is 0 Å². The first-order chi connectivity index (χ1) is 8.88. The van der Waals surface area contributed by atoms with Crippen molar-refractivity contribution in [2.75, 3.05) is 6.54 Å². The lowest BCUT2D eigenvalue weighted by Gasteiger charge is -2.22. The van der Waals surface area contributed by atoms with Crippen molar-refractivity contribution in [3.05, 3.63) is 35.3 Å². The first-order valence-electron chi connectivity index (χ1n) is 6.24. The molecule has 0 aliphatic heterocycles. The molecule has 1 atom stereocenters.